The number of pyridine rings is 2. The molecular weight excluding hydrogens is 307 g/mol. The number of nitrogens with zero attached hydrogens (tertiary/aromatic N) is 6. The van der Waals surface area contributed by atoms with Gasteiger partial charge in [-0.05, 0) is 18.2 Å². The first-order valence-corrected chi connectivity index (χ1v) is 6.96. The van der Waals surface area contributed by atoms with E-state index in [4.69, 9.17) is 4.11 Å². The second kappa shape index (κ2) is 5.28. The van der Waals surface area contributed by atoms with Gasteiger partial charge in [-0.25, -0.2) is 9.50 Å². The van der Waals surface area contributed by atoms with E-state index in [1.165, 1.54) is 35.4 Å². The van der Waals surface area contributed by atoms with Crippen LogP contribution >= 0.6 is 0 Å². The van der Waals surface area contributed by atoms with Crippen LogP contribution in [0.15, 0.2) is 49.2 Å². The smallest absolute Gasteiger partial charge is 0.212 e. The van der Waals surface area contributed by atoms with E-state index in [0.29, 0.717) is 33.3 Å². The maximum atomic E-state index is 13.2. The van der Waals surface area contributed by atoms with Gasteiger partial charge in [-0.1, -0.05) is 0 Å². The van der Waals surface area contributed by atoms with Gasteiger partial charge < -0.3 is 0 Å². The van der Waals surface area contributed by atoms with Crippen LogP contribution in [0.25, 0.3) is 27.8 Å². The first-order chi connectivity index (χ1) is 12.9. The van der Waals surface area contributed by atoms with Crippen molar-refractivity contribution in [1.29, 1.82) is 5.26 Å². The molecule has 0 unspecified atom stereocenters. The Hall–Kier alpha value is -3.53. The Kier molecular flexibility index (Phi) is 2.44. The van der Waals surface area contributed by atoms with Gasteiger partial charge in [-0.15, -0.1) is 0 Å². The normalized spacial score (nSPS) is 13.2. The van der Waals surface area contributed by atoms with E-state index >= 15 is 0 Å². The van der Waals surface area contributed by atoms with Crippen molar-refractivity contribution in [1.82, 2.24) is 24.4 Å². The van der Waals surface area contributed by atoms with Gasteiger partial charge in [-0.2, -0.15) is 19.8 Å². The Morgan fingerprint density at radius 2 is 2.04 bits per heavy atom. The lowest BCUT2D eigenvalue weighted by atomic mass is 10.0. The highest BCUT2D eigenvalue weighted by Gasteiger charge is 2.14. The summed E-state index contributed by atoms with van der Waals surface area (Å²) in [7, 11) is 0. The standard InChI is InChI=1S/C17H11FN6/c1-23-9-14(8-21-23)12-4-15(11-2-3-16(18)20-6-11)17-13(5-19)7-22-24(17)10-12/h2-4,6-10H,1H3/i1D3. The number of hydrogen-bond acceptors (Lipinski definition) is 4. The molecule has 0 atom stereocenters. The first kappa shape index (κ1) is 11.1. The highest BCUT2D eigenvalue weighted by atomic mass is 19.1. The van der Waals surface area contributed by atoms with Crippen LogP contribution in [0.1, 0.15) is 9.68 Å². The minimum absolute atomic E-state index is 0.360. The lowest BCUT2D eigenvalue weighted by Crippen LogP contribution is -1.94. The summed E-state index contributed by atoms with van der Waals surface area (Å²) in [6.45, 7) is -2.38. The molecule has 24 heavy (non-hydrogen) atoms. The number of halogens is 1. The van der Waals surface area contributed by atoms with Gasteiger partial charge in [0.2, 0.25) is 5.95 Å². The SMILES string of the molecule is [2H]C([2H])([2H])n1cc(-c2cc(-c3ccc(F)nc3)c3c(C#N)cnn3c2)cn1. The molecule has 0 saturated carbocycles. The van der Waals surface area contributed by atoms with E-state index in [1.54, 1.807) is 18.3 Å². The van der Waals surface area contributed by atoms with Gasteiger partial charge in [0, 0.05) is 51.9 Å². The lowest BCUT2D eigenvalue weighted by molar-refractivity contribution is 0.584. The van der Waals surface area contributed by atoms with Crippen LogP contribution < -0.4 is 0 Å². The van der Waals surface area contributed by atoms with Crippen molar-refractivity contribution in [3.8, 4) is 28.3 Å². The fourth-order valence-corrected chi connectivity index (χ4v) is 2.59. The zero-order valence-electron chi connectivity index (χ0n) is 15.2. The number of aryl methyl sites for hydroxylation is 1. The quantitative estimate of drug-likeness (QED) is 0.532. The third kappa shape index (κ3) is 2.21. The number of nitriles is 1. The van der Waals surface area contributed by atoms with Crippen molar-refractivity contribution in [3.63, 3.8) is 0 Å². The molecule has 0 spiro atoms. The molecule has 0 aliphatic heterocycles. The van der Waals surface area contributed by atoms with Crippen molar-refractivity contribution in [2.24, 2.45) is 6.98 Å². The molecule has 0 saturated heterocycles. The molecule has 7 heteroatoms. The molecule has 0 radical (unpaired) electrons. The molecule has 4 heterocycles. The number of rotatable bonds is 2. The van der Waals surface area contributed by atoms with Crippen LogP contribution in [0.3, 0.4) is 0 Å². The van der Waals surface area contributed by atoms with E-state index in [9.17, 15) is 9.65 Å². The van der Waals surface area contributed by atoms with Crippen LogP contribution in [0.5, 0.6) is 0 Å². The topological polar surface area (TPSA) is 71.8 Å². The summed E-state index contributed by atoms with van der Waals surface area (Å²) in [5.74, 6) is -0.612. The summed E-state index contributed by atoms with van der Waals surface area (Å²) in [5.41, 5.74) is 3.35. The Morgan fingerprint density at radius 1 is 1.12 bits per heavy atom. The van der Waals surface area contributed by atoms with Gasteiger partial charge in [0.15, 0.2) is 0 Å². The van der Waals surface area contributed by atoms with Crippen molar-refractivity contribution in [2.75, 3.05) is 0 Å². The molecule has 0 aromatic carbocycles. The minimum Gasteiger partial charge on any atom is -0.275 e. The van der Waals surface area contributed by atoms with Crippen LogP contribution in [0, 0.1) is 17.3 Å². The molecule has 0 amide bonds. The predicted molar refractivity (Wildman–Crippen MR) is 85.3 cm³/mol. The van der Waals surface area contributed by atoms with Crippen molar-refractivity contribution in [2.45, 2.75) is 0 Å². The average molecular weight is 321 g/mol. The van der Waals surface area contributed by atoms with E-state index in [0.717, 1.165) is 4.68 Å². The molecule has 0 bridgehead atoms. The number of fused-ring (bicyclic) bond motifs is 1. The second-order valence-electron chi connectivity index (χ2n) is 5.15. The van der Waals surface area contributed by atoms with E-state index in [2.05, 4.69) is 21.3 Å². The molecular formula is C17H11FN6. The molecule has 0 aliphatic carbocycles. The monoisotopic (exact) mass is 321 g/mol. The van der Waals surface area contributed by atoms with Crippen LogP contribution in [-0.4, -0.2) is 24.4 Å². The predicted octanol–water partition coefficient (Wildman–Crippen LogP) is 2.81. The summed E-state index contributed by atoms with van der Waals surface area (Å²) in [6, 6.07) is 6.64. The second-order valence-corrected chi connectivity index (χ2v) is 5.15. The molecule has 0 fully saturated rings. The maximum absolute atomic E-state index is 13.2. The Bertz CT molecular complexity index is 1180. The van der Waals surface area contributed by atoms with Gasteiger partial charge >= 0.3 is 0 Å². The molecule has 116 valence electrons. The largest absolute Gasteiger partial charge is 0.275 e. The zero-order valence-corrected chi connectivity index (χ0v) is 12.2. The summed E-state index contributed by atoms with van der Waals surface area (Å²) in [5, 5.41) is 17.5. The van der Waals surface area contributed by atoms with Gasteiger partial charge in [0.25, 0.3) is 0 Å². The number of aromatic nitrogens is 5. The summed E-state index contributed by atoms with van der Waals surface area (Å²) in [4.78, 5) is 3.67. The minimum atomic E-state index is -2.38. The number of hydrogen-bond donors (Lipinski definition) is 0. The van der Waals surface area contributed by atoms with Gasteiger partial charge in [-0.3, -0.25) is 4.68 Å². The summed E-state index contributed by atoms with van der Waals surface area (Å²) in [6.07, 6.45) is 7.34. The summed E-state index contributed by atoms with van der Waals surface area (Å²) < 4.78 is 38.0. The lowest BCUT2D eigenvalue weighted by Gasteiger charge is -2.08. The van der Waals surface area contributed by atoms with Crippen LogP contribution in [-0.2, 0) is 6.98 Å². The third-order valence-electron chi connectivity index (χ3n) is 3.69. The van der Waals surface area contributed by atoms with Gasteiger partial charge in [0.1, 0.15) is 6.07 Å². The average Bonchev–Trinajstić information content (AvgIpc) is 3.28. The zero-order chi connectivity index (χ0) is 19.2. The van der Waals surface area contributed by atoms with Gasteiger partial charge in [0.05, 0.1) is 23.5 Å². The molecule has 0 aliphatic rings. The fraction of sp³-hybridized carbons (Fsp3) is 0.0588. The first-order valence-electron chi connectivity index (χ1n) is 8.46. The Labute approximate surface area is 140 Å². The maximum Gasteiger partial charge on any atom is 0.212 e. The van der Waals surface area contributed by atoms with E-state index < -0.39 is 12.9 Å². The third-order valence-corrected chi connectivity index (χ3v) is 3.69. The molecule has 0 N–H and O–H groups in total. The molecule has 4 aromatic rings. The van der Waals surface area contributed by atoms with Crippen LogP contribution in [0.4, 0.5) is 4.39 Å². The van der Waals surface area contributed by atoms with E-state index in [1.807, 2.05) is 0 Å². The van der Waals surface area contributed by atoms with Crippen molar-refractivity contribution >= 4 is 5.52 Å². The van der Waals surface area contributed by atoms with Crippen molar-refractivity contribution in [3.05, 3.63) is 60.7 Å². The Morgan fingerprint density at radius 3 is 2.75 bits per heavy atom. The van der Waals surface area contributed by atoms with Crippen LogP contribution in [0.2, 0.25) is 0 Å². The van der Waals surface area contributed by atoms with Crippen molar-refractivity contribution < 1.29 is 8.50 Å². The molecule has 4 aromatic heterocycles. The highest BCUT2D eigenvalue weighted by Crippen LogP contribution is 2.31. The Balaban J connectivity index is 1.95. The highest BCUT2D eigenvalue weighted by molar-refractivity contribution is 5.87. The fourth-order valence-electron chi connectivity index (χ4n) is 2.59. The summed E-state index contributed by atoms with van der Waals surface area (Å²) >= 11 is 0. The molecule has 6 nitrogen and oxygen atoms in total. The van der Waals surface area contributed by atoms with E-state index in [-0.39, 0.29) is 0 Å². The molecule has 4 rings (SSSR count).